The Hall–Kier alpha value is -1.35. The molecule has 0 unspecified atom stereocenters. The average Bonchev–Trinajstić information content (AvgIpc) is 3.11. The van der Waals surface area contributed by atoms with Crippen LogP contribution in [-0.4, -0.2) is 48.9 Å². The Morgan fingerprint density at radius 1 is 1.08 bits per heavy atom. The van der Waals surface area contributed by atoms with Crippen molar-refractivity contribution in [2.45, 2.75) is 51.4 Å². The minimum atomic E-state index is 0.407. The van der Waals surface area contributed by atoms with E-state index in [4.69, 9.17) is 0 Å². The van der Waals surface area contributed by atoms with Gasteiger partial charge in [0.25, 0.3) is 0 Å². The van der Waals surface area contributed by atoms with Gasteiger partial charge in [-0.05, 0) is 69.0 Å². The molecule has 1 aromatic rings. The van der Waals surface area contributed by atoms with Crippen LogP contribution in [0.5, 0.6) is 0 Å². The fourth-order valence-corrected chi connectivity index (χ4v) is 4.58. The minimum absolute atomic E-state index is 0.407. The van der Waals surface area contributed by atoms with Crippen molar-refractivity contribution in [2.24, 2.45) is 11.8 Å². The Kier molecular flexibility index (Phi) is 6.52. The van der Waals surface area contributed by atoms with E-state index in [9.17, 15) is 4.79 Å². The van der Waals surface area contributed by atoms with Crippen LogP contribution in [0.15, 0.2) is 30.3 Å². The SMILES string of the molecule is CCN(C)C[C@@H]1CCN(C(=O)CC2CCC(c3ccccc3)CC2)C1. The van der Waals surface area contributed by atoms with E-state index in [-0.39, 0.29) is 0 Å². The summed E-state index contributed by atoms with van der Waals surface area (Å²) >= 11 is 0. The highest BCUT2D eigenvalue weighted by Gasteiger charge is 2.30. The van der Waals surface area contributed by atoms with Gasteiger partial charge in [0.15, 0.2) is 0 Å². The van der Waals surface area contributed by atoms with Crippen LogP contribution in [0.25, 0.3) is 0 Å². The Morgan fingerprint density at radius 3 is 2.48 bits per heavy atom. The molecule has 0 radical (unpaired) electrons. The highest BCUT2D eigenvalue weighted by Crippen LogP contribution is 2.37. The predicted molar refractivity (Wildman–Crippen MR) is 104 cm³/mol. The Labute approximate surface area is 153 Å². The number of carbonyl (C=O) groups excluding carboxylic acids is 1. The largest absolute Gasteiger partial charge is 0.342 e. The summed E-state index contributed by atoms with van der Waals surface area (Å²) in [6.07, 6.45) is 6.86. The molecule has 1 saturated heterocycles. The van der Waals surface area contributed by atoms with Crippen LogP contribution >= 0.6 is 0 Å². The van der Waals surface area contributed by atoms with Crippen molar-refractivity contribution in [1.82, 2.24) is 9.80 Å². The van der Waals surface area contributed by atoms with E-state index in [0.29, 0.717) is 23.7 Å². The van der Waals surface area contributed by atoms with Gasteiger partial charge < -0.3 is 9.80 Å². The van der Waals surface area contributed by atoms with Crippen molar-refractivity contribution in [1.29, 1.82) is 0 Å². The second-order valence-corrected chi connectivity index (χ2v) is 8.18. The fraction of sp³-hybridized carbons (Fsp3) is 0.682. The van der Waals surface area contributed by atoms with Gasteiger partial charge in [-0.2, -0.15) is 0 Å². The molecule has 25 heavy (non-hydrogen) atoms. The number of hydrogen-bond acceptors (Lipinski definition) is 2. The van der Waals surface area contributed by atoms with Crippen LogP contribution in [-0.2, 0) is 4.79 Å². The molecule has 1 heterocycles. The first-order valence-corrected chi connectivity index (χ1v) is 10.2. The van der Waals surface area contributed by atoms with Crippen LogP contribution in [0, 0.1) is 11.8 Å². The Bertz CT molecular complexity index is 536. The van der Waals surface area contributed by atoms with Crippen LogP contribution in [0.2, 0.25) is 0 Å². The zero-order valence-corrected chi connectivity index (χ0v) is 16.0. The lowest BCUT2D eigenvalue weighted by atomic mass is 9.77. The predicted octanol–water partition coefficient (Wildman–Crippen LogP) is 4.15. The number of amides is 1. The molecule has 3 heteroatoms. The number of benzene rings is 1. The van der Waals surface area contributed by atoms with Gasteiger partial charge in [-0.25, -0.2) is 0 Å². The summed E-state index contributed by atoms with van der Waals surface area (Å²) < 4.78 is 0. The third-order valence-electron chi connectivity index (χ3n) is 6.33. The summed E-state index contributed by atoms with van der Waals surface area (Å²) in [4.78, 5) is 17.2. The van der Waals surface area contributed by atoms with Crippen LogP contribution < -0.4 is 0 Å². The van der Waals surface area contributed by atoms with E-state index in [2.05, 4.69) is 54.1 Å². The number of carbonyl (C=O) groups is 1. The Morgan fingerprint density at radius 2 is 1.80 bits per heavy atom. The normalized spacial score (nSPS) is 27.0. The molecule has 2 fully saturated rings. The second kappa shape index (κ2) is 8.84. The van der Waals surface area contributed by atoms with Crippen molar-refractivity contribution in [2.75, 3.05) is 33.2 Å². The summed E-state index contributed by atoms with van der Waals surface area (Å²) in [6.45, 7) is 6.37. The summed E-state index contributed by atoms with van der Waals surface area (Å²) in [5, 5.41) is 0. The van der Waals surface area contributed by atoms with E-state index >= 15 is 0 Å². The molecule has 138 valence electrons. The molecule has 3 rings (SSSR count). The van der Waals surface area contributed by atoms with Gasteiger partial charge in [-0.15, -0.1) is 0 Å². The molecule has 0 aromatic heterocycles. The number of hydrogen-bond donors (Lipinski definition) is 0. The maximum absolute atomic E-state index is 12.7. The number of likely N-dealkylation sites (tertiary alicyclic amines) is 1. The third kappa shape index (κ3) is 5.07. The zero-order chi connectivity index (χ0) is 17.6. The summed E-state index contributed by atoms with van der Waals surface area (Å²) in [5.74, 6) is 2.38. The molecule has 1 aromatic carbocycles. The lowest BCUT2D eigenvalue weighted by molar-refractivity contribution is -0.131. The lowest BCUT2D eigenvalue weighted by Crippen LogP contribution is -2.33. The van der Waals surface area contributed by atoms with Crippen molar-refractivity contribution in [3.05, 3.63) is 35.9 Å². The van der Waals surface area contributed by atoms with Gasteiger partial charge in [-0.3, -0.25) is 4.79 Å². The molecule has 1 aliphatic carbocycles. The molecule has 2 aliphatic rings. The maximum Gasteiger partial charge on any atom is 0.222 e. The lowest BCUT2D eigenvalue weighted by Gasteiger charge is -2.29. The van der Waals surface area contributed by atoms with Crippen LogP contribution in [0.1, 0.15) is 56.9 Å². The van der Waals surface area contributed by atoms with Crippen molar-refractivity contribution < 1.29 is 4.79 Å². The zero-order valence-electron chi connectivity index (χ0n) is 16.0. The Balaban J connectivity index is 1.41. The average molecular weight is 343 g/mol. The highest BCUT2D eigenvalue weighted by atomic mass is 16.2. The molecule has 0 bridgehead atoms. The molecule has 1 atom stereocenters. The van der Waals surface area contributed by atoms with E-state index < -0.39 is 0 Å². The summed E-state index contributed by atoms with van der Waals surface area (Å²) in [6, 6.07) is 10.9. The van der Waals surface area contributed by atoms with Gasteiger partial charge in [0.1, 0.15) is 0 Å². The minimum Gasteiger partial charge on any atom is -0.342 e. The van der Waals surface area contributed by atoms with Gasteiger partial charge in [-0.1, -0.05) is 37.3 Å². The quantitative estimate of drug-likeness (QED) is 0.775. The van der Waals surface area contributed by atoms with Gasteiger partial charge in [0, 0.05) is 26.1 Å². The molecule has 0 N–H and O–H groups in total. The van der Waals surface area contributed by atoms with E-state index in [1.165, 1.54) is 37.7 Å². The first-order chi connectivity index (χ1) is 12.2. The molecule has 0 spiro atoms. The monoisotopic (exact) mass is 342 g/mol. The van der Waals surface area contributed by atoms with Crippen molar-refractivity contribution in [3.8, 4) is 0 Å². The molecule has 1 aliphatic heterocycles. The van der Waals surface area contributed by atoms with E-state index in [1.807, 2.05) is 0 Å². The molecule has 1 saturated carbocycles. The molecular formula is C22H34N2O. The topological polar surface area (TPSA) is 23.6 Å². The van der Waals surface area contributed by atoms with Gasteiger partial charge >= 0.3 is 0 Å². The summed E-state index contributed by atoms with van der Waals surface area (Å²) in [7, 11) is 2.18. The first kappa shape index (κ1) is 18.4. The van der Waals surface area contributed by atoms with Crippen molar-refractivity contribution in [3.63, 3.8) is 0 Å². The molecule has 3 nitrogen and oxygen atoms in total. The fourth-order valence-electron chi connectivity index (χ4n) is 4.58. The summed E-state index contributed by atoms with van der Waals surface area (Å²) in [5.41, 5.74) is 1.48. The van der Waals surface area contributed by atoms with Gasteiger partial charge in [0.2, 0.25) is 5.91 Å². The van der Waals surface area contributed by atoms with E-state index in [0.717, 1.165) is 32.6 Å². The number of rotatable bonds is 6. The maximum atomic E-state index is 12.7. The molecule has 1 amide bonds. The third-order valence-corrected chi connectivity index (χ3v) is 6.33. The van der Waals surface area contributed by atoms with Crippen LogP contribution in [0.4, 0.5) is 0 Å². The van der Waals surface area contributed by atoms with E-state index in [1.54, 1.807) is 0 Å². The van der Waals surface area contributed by atoms with Gasteiger partial charge in [0.05, 0.1) is 0 Å². The smallest absolute Gasteiger partial charge is 0.222 e. The molecular weight excluding hydrogens is 308 g/mol. The standard InChI is InChI=1S/C22H34N2O/c1-3-23(2)16-19-13-14-24(17-19)22(25)15-18-9-11-21(12-10-18)20-7-5-4-6-8-20/h4-8,18-19,21H,3,9-17H2,1-2H3/t18?,19-,21?/m0/s1. The van der Waals surface area contributed by atoms with Crippen LogP contribution in [0.3, 0.4) is 0 Å². The highest BCUT2D eigenvalue weighted by molar-refractivity contribution is 5.76. The first-order valence-electron chi connectivity index (χ1n) is 10.2. The van der Waals surface area contributed by atoms with Crippen molar-refractivity contribution >= 4 is 5.91 Å². The number of nitrogens with zero attached hydrogens (tertiary/aromatic N) is 2. The second-order valence-electron chi connectivity index (χ2n) is 8.18.